The van der Waals surface area contributed by atoms with Gasteiger partial charge in [0, 0.05) is 19.6 Å². The Hall–Kier alpha value is -0.210. The summed E-state index contributed by atoms with van der Waals surface area (Å²) in [6, 6.07) is 3.76. The second-order valence-corrected chi connectivity index (χ2v) is 6.48. The van der Waals surface area contributed by atoms with Crippen LogP contribution in [-0.2, 0) is 10.0 Å². The van der Waals surface area contributed by atoms with Crippen LogP contribution in [0.5, 0.6) is 0 Å². The van der Waals surface area contributed by atoms with E-state index >= 15 is 0 Å². The van der Waals surface area contributed by atoms with Gasteiger partial charge >= 0.3 is 0 Å². The van der Waals surface area contributed by atoms with E-state index < -0.39 is 21.9 Å². The van der Waals surface area contributed by atoms with Gasteiger partial charge in [0.25, 0.3) is 0 Å². The molecule has 0 amide bonds. The Morgan fingerprint density at radius 2 is 2.06 bits per heavy atom. The lowest BCUT2D eigenvalue weighted by atomic mass is 10.3. The van der Waals surface area contributed by atoms with Crippen LogP contribution in [0.4, 0.5) is 4.39 Å². The topological polar surface area (TPSA) is 63.4 Å². The Labute approximate surface area is 121 Å². The van der Waals surface area contributed by atoms with Gasteiger partial charge in [-0.05, 0) is 35.0 Å². The van der Waals surface area contributed by atoms with Gasteiger partial charge in [0.15, 0.2) is 5.82 Å². The van der Waals surface area contributed by atoms with E-state index in [0.29, 0.717) is 0 Å². The molecule has 0 saturated heterocycles. The zero-order chi connectivity index (χ0) is 13.2. The third-order valence-electron chi connectivity index (χ3n) is 2.54. The molecule has 1 aromatic carbocycles. The first kappa shape index (κ1) is 17.8. The average Bonchev–Trinajstić information content (AvgIpc) is 2.30. The average molecular weight is 362 g/mol. The second-order valence-electron chi connectivity index (χ2n) is 3.66. The number of sulfonamides is 1. The molecule has 0 aliphatic heterocycles. The van der Waals surface area contributed by atoms with Crippen molar-refractivity contribution in [1.82, 2.24) is 4.31 Å². The summed E-state index contributed by atoms with van der Waals surface area (Å²) in [5.41, 5.74) is 5.41. The summed E-state index contributed by atoms with van der Waals surface area (Å²) in [5.74, 6) is -0.788. The fraction of sp³-hybridized carbons (Fsp3) is 0.400. The maximum absolute atomic E-state index is 13.7. The molecular formula is C10H15BrClFN2O2S. The number of nitrogens with zero attached hydrogens (tertiary/aromatic N) is 1. The normalized spacial score (nSPS) is 13.2. The highest BCUT2D eigenvalue weighted by Crippen LogP contribution is 2.25. The predicted molar refractivity (Wildman–Crippen MR) is 74.8 cm³/mol. The molecule has 1 atom stereocenters. The quantitative estimate of drug-likeness (QED) is 0.892. The standard InChI is InChI=1S/C10H14BrFN2O2S.ClH/c1-7(6-13)14(2)17(15,16)9-5-3-4-8(11)10(9)12;/h3-5,7H,6,13H2,1-2H3;1H. The molecular weight excluding hydrogens is 347 g/mol. The van der Waals surface area contributed by atoms with Crippen molar-refractivity contribution >= 4 is 38.4 Å². The van der Waals surface area contributed by atoms with Crippen molar-refractivity contribution in [3.8, 4) is 0 Å². The van der Waals surface area contributed by atoms with Gasteiger partial charge in [0.05, 0.1) is 4.47 Å². The molecule has 1 unspecified atom stereocenters. The fourth-order valence-electron chi connectivity index (χ4n) is 1.22. The first-order valence-electron chi connectivity index (χ1n) is 4.94. The summed E-state index contributed by atoms with van der Waals surface area (Å²) in [4.78, 5) is -0.352. The summed E-state index contributed by atoms with van der Waals surface area (Å²) in [7, 11) is -2.47. The Kier molecular flexibility index (Phi) is 6.73. The zero-order valence-electron chi connectivity index (χ0n) is 9.93. The van der Waals surface area contributed by atoms with Crippen molar-refractivity contribution in [3.63, 3.8) is 0 Å². The van der Waals surface area contributed by atoms with Crippen LogP contribution in [-0.4, -0.2) is 32.4 Å². The molecule has 0 radical (unpaired) electrons. The minimum absolute atomic E-state index is 0. The lowest BCUT2D eigenvalue weighted by Gasteiger charge is -2.23. The molecule has 1 rings (SSSR count). The third-order valence-corrected chi connectivity index (χ3v) is 5.14. The molecule has 0 fully saturated rings. The zero-order valence-corrected chi connectivity index (χ0v) is 13.1. The Morgan fingerprint density at radius 1 is 1.50 bits per heavy atom. The van der Waals surface area contributed by atoms with Crippen LogP contribution in [0, 0.1) is 5.82 Å². The Balaban J connectivity index is 0.00000289. The number of likely N-dealkylation sites (N-methyl/N-ethyl adjacent to an activating group) is 1. The van der Waals surface area contributed by atoms with Crippen molar-refractivity contribution in [2.24, 2.45) is 5.73 Å². The molecule has 0 saturated carbocycles. The third kappa shape index (κ3) is 3.42. The van der Waals surface area contributed by atoms with Gasteiger partial charge in [0.2, 0.25) is 10.0 Å². The minimum atomic E-state index is -3.86. The van der Waals surface area contributed by atoms with E-state index in [9.17, 15) is 12.8 Å². The van der Waals surface area contributed by atoms with Crippen molar-refractivity contribution in [3.05, 3.63) is 28.5 Å². The second kappa shape index (κ2) is 6.81. The van der Waals surface area contributed by atoms with Crippen LogP contribution >= 0.6 is 28.3 Å². The van der Waals surface area contributed by atoms with Gasteiger partial charge in [-0.2, -0.15) is 4.31 Å². The van der Waals surface area contributed by atoms with Crippen LogP contribution in [0.15, 0.2) is 27.6 Å². The van der Waals surface area contributed by atoms with Crippen molar-refractivity contribution in [2.45, 2.75) is 17.9 Å². The van der Waals surface area contributed by atoms with Crippen LogP contribution in [0.2, 0.25) is 0 Å². The highest BCUT2D eigenvalue weighted by Gasteiger charge is 2.28. The Morgan fingerprint density at radius 3 is 2.56 bits per heavy atom. The first-order chi connectivity index (χ1) is 7.82. The van der Waals surface area contributed by atoms with E-state index in [0.717, 1.165) is 4.31 Å². The monoisotopic (exact) mass is 360 g/mol. The number of halogens is 3. The van der Waals surface area contributed by atoms with Crippen LogP contribution in [0.25, 0.3) is 0 Å². The SMILES string of the molecule is CC(CN)N(C)S(=O)(=O)c1cccc(Br)c1F.Cl. The molecule has 0 aliphatic carbocycles. The number of rotatable bonds is 4. The maximum Gasteiger partial charge on any atom is 0.246 e. The number of hydrogen-bond acceptors (Lipinski definition) is 3. The highest BCUT2D eigenvalue weighted by molar-refractivity contribution is 9.10. The fourth-order valence-corrected chi connectivity index (χ4v) is 3.18. The van der Waals surface area contributed by atoms with Crippen LogP contribution in [0.1, 0.15) is 6.92 Å². The molecule has 0 bridgehead atoms. The smallest absolute Gasteiger partial charge is 0.246 e. The van der Waals surface area contributed by atoms with Gasteiger partial charge < -0.3 is 5.73 Å². The lowest BCUT2D eigenvalue weighted by Crippen LogP contribution is -2.40. The lowest BCUT2D eigenvalue weighted by molar-refractivity contribution is 0.391. The van der Waals surface area contributed by atoms with Crippen molar-refractivity contribution in [2.75, 3.05) is 13.6 Å². The molecule has 0 heterocycles. The summed E-state index contributed by atoms with van der Waals surface area (Å²) in [6.07, 6.45) is 0. The van der Waals surface area contributed by atoms with Gasteiger partial charge in [-0.25, -0.2) is 12.8 Å². The van der Waals surface area contributed by atoms with Gasteiger partial charge in [0.1, 0.15) is 4.90 Å². The van der Waals surface area contributed by atoms with Gasteiger partial charge in [-0.1, -0.05) is 6.07 Å². The summed E-state index contributed by atoms with van der Waals surface area (Å²) in [6.45, 7) is 1.83. The van der Waals surface area contributed by atoms with Crippen molar-refractivity contribution in [1.29, 1.82) is 0 Å². The number of benzene rings is 1. The van der Waals surface area contributed by atoms with E-state index in [1.54, 1.807) is 6.92 Å². The van der Waals surface area contributed by atoms with Crippen LogP contribution < -0.4 is 5.73 Å². The molecule has 104 valence electrons. The van der Waals surface area contributed by atoms with E-state index in [4.69, 9.17) is 5.73 Å². The molecule has 0 aliphatic rings. The largest absolute Gasteiger partial charge is 0.329 e. The summed E-state index contributed by atoms with van der Waals surface area (Å²) in [5, 5.41) is 0. The molecule has 0 aromatic heterocycles. The van der Waals surface area contributed by atoms with E-state index in [1.165, 1.54) is 25.2 Å². The summed E-state index contributed by atoms with van der Waals surface area (Å²) >= 11 is 2.96. The number of hydrogen-bond donors (Lipinski definition) is 1. The molecule has 8 heteroatoms. The minimum Gasteiger partial charge on any atom is -0.329 e. The van der Waals surface area contributed by atoms with Crippen LogP contribution in [0.3, 0.4) is 0 Å². The summed E-state index contributed by atoms with van der Waals surface area (Å²) < 4.78 is 39.2. The number of nitrogens with two attached hydrogens (primary N) is 1. The van der Waals surface area contributed by atoms with E-state index in [-0.39, 0.29) is 28.3 Å². The molecule has 4 nitrogen and oxygen atoms in total. The predicted octanol–water partition coefficient (Wildman–Crippen LogP) is 1.98. The first-order valence-corrected chi connectivity index (χ1v) is 7.17. The molecule has 18 heavy (non-hydrogen) atoms. The van der Waals surface area contributed by atoms with E-state index in [2.05, 4.69) is 15.9 Å². The Bertz CT molecular complexity index is 513. The van der Waals surface area contributed by atoms with Crippen molar-refractivity contribution < 1.29 is 12.8 Å². The highest BCUT2D eigenvalue weighted by atomic mass is 79.9. The maximum atomic E-state index is 13.7. The van der Waals surface area contributed by atoms with Gasteiger partial charge in [-0.15, -0.1) is 12.4 Å². The van der Waals surface area contributed by atoms with E-state index in [1.807, 2.05) is 0 Å². The van der Waals surface area contributed by atoms with Gasteiger partial charge in [-0.3, -0.25) is 0 Å². The molecule has 1 aromatic rings. The molecule has 2 N–H and O–H groups in total. The molecule has 0 spiro atoms.